The molecule has 0 heterocycles. The van der Waals surface area contributed by atoms with Crippen molar-refractivity contribution in [1.82, 2.24) is 0 Å². The van der Waals surface area contributed by atoms with Crippen molar-refractivity contribution in [2.75, 3.05) is 0 Å². The van der Waals surface area contributed by atoms with E-state index in [2.05, 4.69) is 0 Å². The minimum Gasteiger partial charge on any atom is -0.324 e. The molecule has 3 aromatic carbocycles. The smallest absolute Gasteiger partial charge is 0.182 e. The molecule has 0 fully saturated rings. The second-order valence-corrected chi connectivity index (χ2v) is 8.66. The zero-order chi connectivity index (χ0) is 20.3. The topological polar surface area (TPSA) is 60.2 Å². The number of sulfone groups is 1. The Balaban J connectivity index is 1.85. The molecule has 3 rings (SSSR count). The van der Waals surface area contributed by atoms with Crippen LogP contribution >= 0.6 is 0 Å². The van der Waals surface area contributed by atoms with Crippen LogP contribution in [0.1, 0.15) is 30.5 Å². The van der Waals surface area contributed by atoms with Crippen molar-refractivity contribution in [3.8, 4) is 11.1 Å². The van der Waals surface area contributed by atoms with Crippen molar-refractivity contribution >= 4 is 9.84 Å². The molecule has 6 heteroatoms. The van der Waals surface area contributed by atoms with E-state index in [9.17, 15) is 17.2 Å². The molecule has 0 spiro atoms. The summed E-state index contributed by atoms with van der Waals surface area (Å²) in [5, 5.41) is 0. The average Bonchev–Trinajstić information content (AvgIpc) is 2.67. The van der Waals surface area contributed by atoms with E-state index in [-0.39, 0.29) is 22.3 Å². The van der Waals surface area contributed by atoms with Gasteiger partial charge in [-0.2, -0.15) is 0 Å². The van der Waals surface area contributed by atoms with E-state index in [0.29, 0.717) is 11.1 Å². The van der Waals surface area contributed by atoms with Gasteiger partial charge in [-0.3, -0.25) is 0 Å². The molecule has 0 unspecified atom stereocenters. The van der Waals surface area contributed by atoms with Gasteiger partial charge in [-0.15, -0.1) is 0 Å². The van der Waals surface area contributed by atoms with Crippen LogP contribution in [0, 0.1) is 11.6 Å². The Morgan fingerprint density at radius 1 is 0.964 bits per heavy atom. The summed E-state index contributed by atoms with van der Waals surface area (Å²) in [7, 11) is -3.57. The third-order valence-corrected chi connectivity index (χ3v) is 6.34. The van der Waals surface area contributed by atoms with Crippen molar-refractivity contribution in [3.63, 3.8) is 0 Å². The summed E-state index contributed by atoms with van der Waals surface area (Å²) in [5.41, 5.74) is 8.28. The van der Waals surface area contributed by atoms with Crippen LogP contribution in [-0.2, 0) is 15.6 Å². The molecule has 0 saturated carbocycles. The predicted molar refractivity (Wildman–Crippen MR) is 106 cm³/mol. The van der Waals surface area contributed by atoms with E-state index >= 15 is 0 Å². The average molecular weight is 401 g/mol. The zero-order valence-corrected chi connectivity index (χ0v) is 16.2. The molecule has 0 saturated heterocycles. The molecule has 3 aromatic rings. The van der Waals surface area contributed by atoms with Crippen molar-refractivity contribution < 1.29 is 17.2 Å². The van der Waals surface area contributed by atoms with E-state index in [0.717, 1.165) is 24.1 Å². The maximum absolute atomic E-state index is 13.9. The lowest BCUT2D eigenvalue weighted by atomic mass is 10.0. The molecule has 0 aliphatic heterocycles. The Kier molecular flexibility index (Phi) is 5.91. The van der Waals surface area contributed by atoms with Gasteiger partial charge in [0.25, 0.3) is 0 Å². The summed E-state index contributed by atoms with van der Waals surface area (Å²) in [6, 6.07) is 16.3. The molecule has 0 bridgehead atoms. The van der Waals surface area contributed by atoms with Crippen molar-refractivity contribution in [1.29, 1.82) is 0 Å². The number of hydrogen-bond donors (Lipinski definition) is 1. The third kappa shape index (κ3) is 4.46. The standard InChI is InChI=1S/C22H21F2NO2S/c1-2-22(25)17-5-3-4-15(12-17)14-28(26,27)19-9-6-16(7-10-19)20-11-8-18(23)13-21(20)24/h3-13,22H,2,14,25H2,1H3/t22-/m1/s1. The highest BCUT2D eigenvalue weighted by molar-refractivity contribution is 7.90. The van der Waals surface area contributed by atoms with Crippen LogP contribution in [-0.4, -0.2) is 8.42 Å². The Labute approximate surface area is 163 Å². The van der Waals surface area contributed by atoms with E-state index < -0.39 is 21.5 Å². The Morgan fingerprint density at radius 3 is 2.32 bits per heavy atom. The third-order valence-electron chi connectivity index (χ3n) is 4.63. The second kappa shape index (κ2) is 8.20. The monoisotopic (exact) mass is 401 g/mol. The number of nitrogens with two attached hydrogens (primary N) is 1. The summed E-state index contributed by atoms with van der Waals surface area (Å²) < 4.78 is 52.5. The normalized spacial score (nSPS) is 12.7. The van der Waals surface area contributed by atoms with Gasteiger partial charge in [-0.1, -0.05) is 43.3 Å². The van der Waals surface area contributed by atoms with Crippen LogP contribution < -0.4 is 5.73 Å². The first kappa shape index (κ1) is 20.2. The van der Waals surface area contributed by atoms with Crippen LogP contribution in [0.25, 0.3) is 11.1 Å². The number of halogens is 2. The molecule has 0 aromatic heterocycles. The van der Waals surface area contributed by atoms with Crippen LogP contribution in [0.3, 0.4) is 0 Å². The SMILES string of the molecule is CC[C@@H](N)c1cccc(CS(=O)(=O)c2ccc(-c3ccc(F)cc3F)cc2)c1. The molecule has 0 amide bonds. The summed E-state index contributed by atoms with van der Waals surface area (Å²) in [4.78, 5) is 0.143. The minimum atomic E-state index is -3.57. The number of rotatable bonds is 6. The molecule has 28 heavy (non-hydrogen) atoms. The van der Waals surface area contributed by atoms with Gasteiger partial charge in [-0.25, -0.2) is 17.2 Å². The van der Waals surface area contributed by atoms with Gasteiger partial charge in [0.15, 0.2) is 9.84 Å². The Morgan fingerprint density at radius 2 is 1.68 bits per heavy atom. The summed E-state index contributed by atoms with van der Waals surface area (Å²) in [6.45, 7) is 1.97. The molecule has 2 N–H and O–H groups in total. The first-order valence-corrected chi connectivity index (χ1v) is 10.6. The van der Waals surface area contributed by atoms with Crippen LogP contribution in [0.15, 0.2) is 71.6 Å². The van der Waals surface area contributed by atoms with Gasteiger partial charge >= 0.3 is 0 Å². The van der Waals surface area contributed by atoms with Gasteiger partial charge in [0.05, 0.1) is 10.6 Å². The van der Waals surface area contributed by atoms with Gasteiger partial charge in [0.1, 0.15) is 11.6 Å². The summed E-state index contributed by atoms with van der Waals surface area (Å²) >= 11 is 0. The molecular formula is C22H21F2NO2S. The van der Waals surface area contributed by atoms with E-state index in [1.165, 1.54) is 30.3 Å². The molecular weight excluding hydrogens is 380 g/mol. The summed E-state index contributed by atoms with van der Waals surface area (Å²) in [5.74, 6) is -1.51. The Bertz CT molecular complexity index is 1080. The minimum absolute atomic E-state index is 0.132. The first-order chi connectivity index (χ1) is 13.3. The van der Waals surface area contributed by atoms with Crippen LogP contribution in [0.5, 0.6) is 0 Å². The van der Waals surface area contributed by atoms with Crippen LogP contribution in [0.4, 0.5) is 8.78 Å². The molecule has 3 nitrogen and oxygen atoms in total. The maximum Gasteiger partial charge on any atom is 0.182 e. The fourth-order valence-electron chi connectivity index (χ4n) is 3.02. The molecule has 0 radical (unpaired) electrons. The fraction of sp³-hybridized carbons (Fsp3) is 0.182. The van der Waals surface area contributed by atoms with Crippen molar-refractivity contribution in [2.45, 2.75) is 30.0 Å². The lowest BCUT2D eigenvalue weighted by Gasteiger charge is -2.11. The highest BCUT2D eigenvalue weighted by Crippen LogP contribution is 2.26. The highest BCUT2D eigenvalue weighted by Gasteiger charge is 2.17. The van der Waals surface area contributed by atoms with Gasteiger partial charge in [0, 0.05) is 17.7 Å². The van der Waals surface area contributed by atoms with E-state index in [1.807, 2.05) is 19.1 Å². The van der Waals surface area contributed by atoms with Gasteiger partial charge in [0.2, 0.25) is 0 Å². The molecule has 146 valence electrons. The fourth-order valence-corrected chi connectivity index (χ4v) is 4.35. The van der Waals surface area contributed by atoms with Gasteiger partial charge in [-0.05, 0) is 47.4 Å². The zero-order valence-electron chi connectivity index (χ0n) is 15.4. The lowest BCUT2D eigenvalue weighted by Crippen LogP contribution is -2.10. The Hall–Kier alpha value is -2.57. The van der Waals surface area contributed by atoms with Gasteiger partial charge < -0.3 is 5.73 Å². The molecule has 1 atom stereocenters. The van der Waals surface area contributed by atoms with Crippen molar-refractivity contribution in [2.24, 2.45) is 5.73 Å². The maximum atomic E-state index is 13.9. The highest BCUT2D eigenvalue weighted by atomic mass is 32.2. The second-order valence-electron chi connectivity index (χ2n) is 6.67. The molecule has 0 aliphatic carbocycles. The van der Waals surface area contributed by atoms with E-state index in [4.69, 9.17) is 5.73 Å². The quantitative estimate of drug-likeness (QED) is 0.631. The number of hydrogen-bond acceptors (Lipinski definition) is 3. The number of benzene rings is 3. The first-order valence-electron chi connectivity index (χ1n) is 8.93. The predicted octanol–water partition coefficient (Wildman–Crippen LogP) is 5.02. The van der Waals surface area contributed by atoms with Crippen molar-refractivity contribution in [3.05, 3.63) is 89.5 Å². The summed E-state index contributed by atoms with van der Waals surface area (Å²) in [6.07, 6.45) is 0.762. The lowest BCUT2D eigenvalue weighted by molar-refractivity contribution is 0.585. The largest absolute Gasteiger partial charge is 0.324 e. The van der Waals surface area contributed by atoms with Crippen LogP contribution in [0.2, 0.25) is 0 Å². The molecule has 0 aliphatic rings. The van der Waals surface area contributed by atoms with E-state index in [1.54, 1.807) is 12.1 Å².